The summed E-state index contributed by atoms with van der Waals surface area (Å²) in [6.07, 6.45) is -0.939. The van der Waals surface area contributed by atoms with Crippen LogP contribution in [-0.2, 0) is 14.3 Å². The highest BCUT2D eigenvalue weighted by Gasteiger charge is 2.18. The molecule has 7 heteroatoms. The molecule has 1 aromatic carbocycles. The van der Waals surface area contributed by atoms with Crippen molar-refractivity contribution in [3.63, 3.8) is 0 Å². The van der Waals surface area contributed by atoms with E-state index in [1.54, 1.807) is 6.92 Å². The summed E-state index contributed by atoms with van der Waals surface area (Å²) < 4.78 is 9.72. The predicted molar refractivity (Wildman–Crippen MR) is 64.1 cm³/mol. The summed E-state index contributed by atoms with van der Waals surface area (Å²) in [7, 11) is 1.36. The molecule has 0 heterocycles. The molecule has 1 aromatic rings. The summed E-state index contributed by atoms with van der Waals surface area (Å²) >= 11 is 0. The van der Waals surface area contributed by atoms with Crippen LogP contribution >= 0.6 is 0 Å². The van der Waals surface area contributed by atoms with E-state index in [9.17, 15) is 14.9 Å². The number of carbonyl (C=O) groups excluding carboxylic acids is 1. The van der Waals surface area contributed by atoms with Crippen molar-refractivity contribution < 1.29 is 19.2 Å². The largest absolute Gasteiger partial charge is 0.463 e. The number of benzene rings is 1. The standard InChI is InChI=1S/C11H14N2O5/c1-3-18-11(14)10(17-2)12-8-4-6-9(7-5-8)13(15)16/h4-7,10,12H,3H2,1-2H3. The molecule has 0 saturated heterocycles. The number of hydrogen-bond donors (Lipinski definition) is 1. The van der Waals surface area contributed by atoms with Crippen molar-refractivity contribution in [3.05, 3.63) is 34.4 Å². The molecule has 0 amide bonds. The monoisotopic (exact) mass is 254 g/mol. The van der Waals surface area contributed by atoms with Gasteiger partial charge in [-0.3, -0.25) is 10.1 Å². The highest BCUT2D eigenvalue weighted by atomic mass is 16.6. The molecule has 1 atom stereocenters. The van der Waals surface area contributed by atoms with Crippen LogP contribution in [0, 0.1) is 10.1 Å². The van der Waals surface area contributed by atoms with E-state index in [0.717, 1.165) is 0 Å². The maximum absolute atomic E-state index is 11.4. The molecule has 1 N–H and O–H groups in total. The van der Waals surface area contributed by atoms with Gasteiger partial charge in [0.25, 0.3) is 5.69 Å². The number of carbonyl (C=O) groups is 1. The van der Waals surface area contributed by atoms with Gasteiger partial charge in [0.05, 0.1) is 11.5 Å². The lowest BCUT2D eigenvalue weighted by molar-refractivity contribution is -0.384. The maximum Gasteiger partial charge on any atom is 0.356 e. The lowest BCUT2D eigenvalue weighted by atomic mass is 10.3. The van der Waals surface area contributed by atoms with Crippen LogP contribution in [0.4, 0.5) is 11.4 Å². The summed E-state index contributed by atoms with van der Waals surface area (Å²) in [4.78, 5) is 21.4. The smallest absolute Gasteiger partial charge is 0.356 e. The zero-order valence-electron chi connectivity index (χ0n) is 10.1. The molecule has 0 aliphatic carbocycles. The molecule has 1 unspecified atom stereocenters. The van der Waals surface area contributed by atoms with E-state index in [1.165, 1.54) is 31.4 Å². The summed E-state index contributed by atoms with van der Waals surface area (Å²) in [6.45, 7) is 1.94. The van der Waals surface area contributed by atoms with E-state index in [1.807, 2.05) is 0 Å². The molecule has 0 fully saturated rings. The van der Waals surface area contributed by atoms with E-state index in [-0.39, 0.29) is 12.3 Å². The van der Waals surface area contributed by atoms with Gasteiger partial charge in [0, 0.05) is 24.9 Å². The molecule has 0 aromatic heterocycles. The molecule has 98 valence electrons. The van der Waals surface area contributed by atoms with Crippen molar-refractivity contribution in [2.24, 2.45) is 0 Å². The Balaban J connectivity index is 2.70. The van der Waals surface area contributed by atoms with Gasteiger partial charge in [-0.2, -0.15) is 0 Å². The van der Waals surface area contributed by atoms with Crippen LogP contribution in [0.2, 0.25) is 0 Å². The van der Waals surface area contributed by atoms with Gasteiger partial charge in [0.15, 0.2) is 0 Å². The minimum atomic E-state index is -0.939. The Hall–Kier alpha value is -2.15. The average Bonchev–Trinajstić information content (AvgIpc) is 2.36. The van der Waals surface area contributed by atoms with Gasteiger partial charge in [-0.05, 0) is 19.1 Å². The zero-order valence-corrected chi connectivity index (χ0v) is 10.1. The van der Waals surface area contributed by atoms with Crippen LogP contribution < -0.4 is 5.32 Å². The summed E-state index contributed by atoms with van der Waals surface area (Å²) in [5.74, 6) is -0.543. The molecule has 0 bridgehead atoms. The number of hydrogen-bond acceptors (Lipinski definition) is 6. The summed E-state index contributed by atoms with van der Waals surface area (Å²) in [5.41, 5.74) is 0.506. The maximum atomic E-state index is 11.4. The second-order valence-corrected chi connectivity index (χ2v) is 3.32. The highest BCUT2D eigenvalue weighted by molar-refractivity contribution is 5.77. The lowest BCUT2D eigenvalue weighted by Gasteiger charge is -2.16. The summed E-state index contributed by atoms with van der Waals surface area (Å²) in [5, 5.41) is 13.2. The number of esters is 1. The number of ether oxygens (including phenoxy) is 2. The van der Waals surface area contributed by atoms with Crippen molar-refractivity contribution in [1.82, 2.24) is 0 Å². The molecule has 0 radical (unpaired) electrons. The fourth-order valence-electron chi connectivity index (χ4n) is 1.26. The third-order valence-corrected chi connectivity index (χ3v) is 2.11. The number of anilines is 1. The van der Waals surface area contributed by atoms with Crippen LogP contribution in [0.15, 0.2) is 24.3 Å². The number of rotatable bonds is 6. The predicted octanol–water partition coefficient (Wildman–Crippen LogP) is 1.54. The van der Waals surface area contributed by atoms with Gasteiger partial charge in [-0.15, -0.1) is 0 Å². The molecule has 0 spiro atoms. The molecule has 1 rings (SSSR count). The fraction of sp³-hybridized carbons (Fsp3) is 0.364. The molecule has 0 saturated carbocycles. The van der Waals surface area contributed by atoms with Crippen LogP contribution in [0.1, 0.15) is 6.92 Å². The van der Waals surface area contributed by atoms with Gasteiger partial charge in [0.1, 0.15) is 0 Å². The van der Waals surface area contributed by atoms with Gasteiger partial charge >= 0.3 is 5.97 Å². The number of nitrogens with zero attached hydrogens (tertiary/aromatic N) is 1. The Morgan fingerprint density at radius 1 is 1.44 bits per heavy atom. The Bertz CT molecular complexity index is 418. The van der Waals surface area contributed by atoms with E-state index in [4.69, 9.17) is 9.47 Å². The number of nitro benzene ring substituents is 1. The fourth-order valence-corrected chi connectivity index (χ4v) is 1.26. The quantitative estimate of drug-likeness (QED) is 0.358. The minimum absolute atomic E-state index is 0.0225. The van der Waals surface area contributed by atoms with E-state index in [2.05, 4.69) is 5.32 Å². The first kappa shape index (κ1) is 13.9. The Morgan fingerprint density at radius 3 is 2.50 bits per heavy atom. The van der Waals surface area contributed by atoms with Crippen molar-refractivity contribution in [3.8, 4) is 0 Å². The van der Waals surface area contributed by atoms with Crippen LogP contribution in [0.25, 0.3) is 0 Å². The first-order valence-corrected chi connectivity index (χ1v) is 5.29. The van der Waals surface area contributed by atoms with Crippen LogP contribution in [0.3, 0.4) is 0 Å². The second-order valence-electron chi connectivity index (χ2n) is 3.32. The minimum Gasteiger partial charge on any atom is -0.463 e. The first-order chi connectivity index (χ1) is 8.58. The SMILES string of the molecule is CCOC(=O)C(Nc1ccc([N+](=O)[O-])cc1)OC. The van der Waals surface area contributed by atoms with Crippen molar-refractivity contribution in [2.75, 3.05) is 19.0 Å². The van der Waals surface area contributed by atoms with E-state index in [0.29, 0.717) is 5.69 Å². The van der Waals surface area contributed by atoms with Crippen molar-refractivity contribution in [1.29, 1.82) is 0 Å². The van der Waals surface area contributed by atoms with Crippen molar-refractivity contribution in [2.45, 2.75) is 13.2 Å². The lowest BCUT2D eigenvalue weighted by Crippen LogP contribution is -2.33. The highest BCUT2D eigenvalue weighted by Crippen LogP contribution is 2.16. The summed E-state index contributed by atoms with van der Waals surface area (Å²) in [6, 6.07) is 5.65. The number of nitrogens with one attached hydrogen (secondary N) is 1. The molecule has 0 aliphatic rings. The number of non-ortho nitro benzene ring substituents is 1. The Labute approximate surface area is 104 Å². The molecule has 18 heavy (non-hydrogen) atoms. The van der Waals surface area contributed by atoms with Crippen LogP contribution in [-0.4, -0.2) is 30.8 Å². The Kier molecular flexibility index (Phi) is 5.06. The second kappa shape index (κ2) is 6.55. The number of methoxy groups -OCH3 is 1. The van der Waals surface area contributed by atoms with E-state index < -0.39 is 17.1 Å². The third-order valence-electron chi connectivity index (χ3n) is 2.11. The average molecular weight is 254 g/mol. The normalized spacial score (nSPS) is 11.7. The van der Waals surface area contributed by atoms with E-state index >= 15 is 0 Å². The molecular formula is C11H14N2O5. The molecule has 7 nitrogen and oxygen atoms in total. The number of nitro groups is 1. The zero-order chi connectivity index (χ0) is 13.5. The van der Waals surface area contributed by atoms with Gasteiger partial charge in [-0.1, -0.05) is 0 Å². The topological polar surface area (TPSA) is 90.7 Å². The third kappa shape index (κ3) is 3.70. The first-order valence-electron chi connectivity index (χ1n) is 5.29. The van der Waals surface area contributed by atoms with Crippen molar-refractivity contribution >= 4 is 17.3 Å². The Morgan fingerprint density at radius 2 is 2.06 bits per heavy atom. The molecule has 0 aliphatic heterocycles. The van der Waals surface area contributed by atoms with Gasteiger partial charge in [-0.25, -0.2) is 4.79 Å². The van der Waals surface area contributed by atoms with Gasteiger partial charge in [0.2, 0.25) is 6.23 Å². The molecular weight excluding hydrogens is 240 g/mol. The van der Waals surface area contributed by atoms with Gasteiger partial charge < -0.3 is 14.8 Å². The van der Waals surface area contributed by atoms with Crippen LogP contribution in [0.5, 0.6) is 0 Å².